The predicted molar refractivity (Wildman–Crippen MR) is 60.2 cm³/mol. The van der Waals surface area contributed by atoms with Crippen LogP contribution in [0.25, 0.3) is 0 Å². The summed E-state index contributed by atoms with van der Waals surface area (Å²) in [5.41, 5.74) is 0.602. The zero-order chi connectivity index (χ0) is 13.3. The van der Waals surface area contributed by atoms with Gasteiger partial charge in [0.05, 0.1) is 5.56 Å². The number of halogens is 1. The topological polar surface area (TPSA) is 66.5 Å². The highest BCUT2D eigenvalue weighted by Crippen LogP contribution is 2.13. The molecule has 0 unspecified atom stereocenters. The first-order valence-electron chi connectivity index (χ1n) is 5.35. The highest BCUT2D eigenvalue weighted by Gasteiger charge is 2.28. The van der Waals surface area contributed by atoms with Gasteiger partial charge in [0.1, 0.15) is 18.9 Å². The van der Waals surface area contributed by atoms with Crippen LogP contribution in [0.15, 0.2) is 18.2 Å². The number of rotatable bonds is 1. The summed E-state index contributed by atoms with van der Waals surface area (Å²) in [5, 5.41) is 2.08. The molecular weight excluding hydrogens is 239 g/mol. The lowest BCUT2D eigenvalue weighted by molar-refractivity contribution is -0.135. The third-order valence-electron chi connectivity index (χ3n) is 2.59. The van der Waals surface area contributed by atoms with Crippen molar-refractivity contribution in [3.63, 3.8) is 0 Å². The van der Waals surface area contributed by atoms with Gasteiger partial charge in [-0.1, -0.05) is 11.6 Å². The molecule has 0 saturated carbocycles. The monoisotopic (exact) mass is 250 g/mol. The maximum atomic E-state index is 13.5. The molecular formula is C12H11FN2O3. The van der Waals surface area contributed by atoms with Crippen LogP contribution in [0.5, 0.6) is 0 Å². The molecule has 5 nitrogen and oxygen atoms in total. The molecule has 94 valence electrons. The van der Waals surface area contributed by atoms with Crippen molar-refractivity contribution in [3.05, 3.63) is 35.1 Å². The van der Waals surface area contributed by atoms with Crippen LogP contribution in [0.4, 0.5) is 4.39 Å². The average molecular weight is 250 g/mol. The van der Waals surface area contributed by atoms with Crippen molar-refractivity contribution >= 4 is 17.7 Å². The van der Waals surface area contributed by atoms with E-state index < -0.39 is 23.5 Å². The molecule has 1 aliphatic rings. The van der Waals surface area contributed by atoms with Crippen LogP contribution in [0.1, 0.15) is 15.9 Å². The van der Waals surface area contributed by atoms with E-state index in [-0.39, 0.29) is 18.7 Å². The number of carbonyl (C=O) groups is 3. The van der Waals surface area contributed by atoms with E-state index in [2.05, 4.69) is 5.32 Å². The van der Waals surface area contributed by atoms with E-state index in [0.29, 0.717) is 0 Å². The Morgan fingerprint density at radius 3 is 2.50 bits per heavy atom. The van der Waals surface area contributed by atoms with Crippen molar-refractivity contribution in [1.82, 2.24) is 10.2 Å². The first kappa shape index (κ1) is 12.2. The Balaban J connectivity index is 2.28. The number of carbonyl (C=O) groups excluding carboxylic acids is 3. The van der Waals surface area contributed by atoms with Gasteiger partial charge < -0.3 is 4.90 Å². The fourth-order valence-corrected chi connectivity index (χ4v) is 1.75. The summed E-state index contributed by atoms with van der Waals surface area (Å²) in [5.74, 6) is -2.44. The number of nitrogens with zero attached hydrogens (tertiary/aromatic N) is 1. The fraction of sp³-hybridized carbons (Fsp3) is 0.250. The van der Waals surface area contributed by atoms with Crippen LogP contribution < -0.4 is 5.32 Å². The number of benzene rings is 1. The molecule has 1 aromatic rings. The number of piperazine rings is 1. The second kappa shape index (κ2) is 4.56. The Labute approximate surface area is 103 Å². The smallest absolute Gasteiger partial charge is 0.257 e. The van der Waals surface area contributed by atoms with E-state index in [4.69, 9.17) is 0 Å². The van der Waals surface area contributed by atoms with Crippen LogP contribution in [0.2, 0.25) is 0 Å². The molecule has 18 heavy (non-hydrogen) atoms. The first-order valence-corrected chi connectivity index (χ1v) is 5.35. The van der Waals surface area contributed by atoms with Crippen molar-refractivity contribution in [3.8, 4) is 0 Å². The third kappa shape index (κ3) is 2.37. The number of hydrogen-bond acceptors (Lipinski definition) is 3. The summed E-state index contributed by atoms with van der Waals surface area (Å²) in [4.78, 5) is 35.3. The number of nitrogens with one attached hydrogen (secondary N) is 1. The highest BCUT2D eigenvalue weighted by atomic mass is 19.1. The lowest BCUT2D eigenvalue weighted by atomic mass is 10.1. The maximum absolute atomic E-state index is 13.5. The Morgan fingerprint density at radius 2 is 1.89 bits per heavy atom. The summed E-state index contributed by atoms with van der Waals surface area (Å²) < 4.78 is 13.5. The Morgan fingerprint density at radius 1 is 1.28 bits per heavy atom. The SMILES string of the molecule is Cc1ccc(F)c(C(=O)N2CC(=O)NC(=O)C2)c1. The van der Waals surface area contributed by atoms with Crippen LogP contribution in [-0.4, -0.2) is 35.7 Å². The maximum Gasteiger partial charge on any atom is 0.257 e. The minimum Gasteiger partial charge on any atom is -0.320 e. The van der Waals surface area contributed by atoms with Crippen molar-refractivity contribution < 1.29 is 18.8 Å². The Hall–Kier alpha value is -2.24. The molecule has 2 rings (SSSR count). The molecule has 6 heteroatoms. The minimum atomic E-state index is -0.663. The number of amides is 3. The summed E-state index contributed by atoms with van der Waals surface area (Å²) in [7, 11) is 0. The molecule has 1 saturated heterocycles. The molecule has 1 N–H and O–H groups in total. The van der Waals surface area contributed by atoms with Crippen LogP contribution in [-0.2, 0) is 9.59 Å². The molecule has 1 heterocycles. The summed E-state index contributed by atoms with van der Waals surface area (Å²) >= 11 is 0. The molecule has 1 fully saturated rings. The molecule has 1 aliphatic heterocycles. The molecule has 0 aromatic heterocycles. The lowest BCUT2D eigenvalue weighted by Gasteiger charge is -2.25. The van der Waals surface area contributed by atoms with E-state index >= 15 is 0 Å². The molecule has 1 aromatic carbocycles. The van der Waals surface area contributed by atoms with Gasteiger partial charge in [-0.2, -0.15) is 0 Å². The molecule has 0 atom stereocenters. The van der Waals surface area contributed by atoms with Gasteiger partial charge in [0.15, 0.2) is 0 Å². The standard InChI is InChI=1S/C12H11FN2O3/c1-7-2-3-9(13)8(4-7)12(18)15-5-10(16)14-11(17)6-15/h2-4H,5-6H2,1H3,(H,14,16,17). The number of aryl methyl sites for hydroxylation is 1. The lowest BCUT2D eigenvalue weighted by Crippen LogP contribution is -2.53. The van der Waals surface area contributed by atoms with Gasteiger partial charge in [0.25, 0.3) is 5.91 Å². The zero-order valence-electron chi connectivity index (χ0n) is 9.70. The highest BCUT2D eigenvalue weighted by molar-refractivity contribution is 6.05. The first-order chi connectivity index (χ1) is 8.47. The predicted octanol–water partition coefficient (Wildman–Crippen LogP) is 0.233. The van der Waals surface area contributed by atoms with E-state index in [1.54, 1.807) is 13.0 Å². The van der Waals surface area contributed by atoms with E-state index in [9.17, 15) is 18.8 Å². The average Bonchev–Trinajstić information content (AvgIpc) is 2.30. The third-order valence-corrected chi connectivity index (χ3v) is 2.59. The van der Waals surface area contributed by atoms with Crippen molar-refractivity contribution in [2.75, 3.05) is 13.1 Å². The van der Waals surface area contributed by atoms with Crippen molar-refractivity contribution in [2.45, 2.75) is 6.92 Å². The number of imide groups is 1. The molecule has 0 radical (unpaired) electrons. The minimum absolute atomic E-state index is 0.127. The van der Waals surface area contributed by atoms with Crippen LogP contribution in [0, 0.1) is 12.7 Å². The quantitative estimate of drug-likeness (QED) is 0.726. The molecule has 3 amide bonds. The molecule has 0 bridgehead atoms. The van der Waals surface area contributed by atoms with Crippen molar-refractivity contribution in [1.29, 1.82) is 0 Å². The van der Waals surface area contributed by atoms with Gasteiger partial charge in [-0.15, -0.1) is 0 Å². The second-order valence-electron chi connectivity index (χ2n) is 4.12. The van der Waals surface area contributed by atoms with Gasteiger partial charge in [-0.3, -0.25) is 19.7 Å². The molecule has 0 aliphatic carbocycles. The summed E-state index contributed by atoms with van der Waals surface area (Å²) in [6, 6.07) is 4.13. The van der Waals surface area contributed by atoms with Gasteiger partial charge in [-0.05, 0) is 19.1 Å². The second-order valence-corrected chi connectivity index (χ2v) is 4.12. The van der Waals surface area contributed by atoms with Gasteiger partial charge in [0.2, 0.25) is 11.8 Å². The largest absolute Gasteiger partial charge is 0.320 e. The van der Waals surface area contributed by atoms with Crippen LogP contribution >= 0.6 is 0 Å². The van der Waals surface area contributed by atoms with E-state index in [1.165, 1.54) is 12.1 Å². The fourth-order valence-electron chi connectivity index (χ4n) is 1.75. The Kier molecular flexibility index (Phi) is 3.10. The van der Waals surface area contributed by atoms with Crippen LogP contribution in [0.3, 0.4) is 0 Å². The van der Waals surface area contributed by atoms with Gasteiger partial charge in [0, 0.05) is 0 Å². The normalized spacial score (nSPS) is 15.6. The summed E-state index contributed by atoms with van der Waals surface area (Å²) in [6.07, 6.45) is 0. The van der Waals surface area contributed by atoms with E-state index in [0.717, 1.165) is 10.5 Å². The van der Waals surface area contributed by atoms with E-state index in [1.807, 2.05) is 0 Å². The Bertz CT molecular complexity index is 526. The summed E-state index contributed by atoms with van der Waals surface area (Å²) in [6.45, 7) is 1.25. The van der Waals surface area contributed by atoms with Gasteiger partial charge in [-0.25, -0.2) is 4.39 Å². The molecule has 0 spiro atoms. The van der Waals surface area contributed by atoms with Crippen molar-refractivity contribution in [2.24, 2.45) is 0 Å². The zero-order valence-corrected chi connectivity index (χ0v) is 9.70. The number of hydrogen-bond donors (Lipinski definition) is 1. The van der Waals surface area contributed by atoms with Gasteiger partial charge >= 0.3 is 0 Å².